The molecular formula is C10H11N3O2S. The van der Waals surface area contributed by atoms with E-state index in [1.165, 1.54) is 18.3 Å². The number of fused-ring (bicyclic) bond motifs is 1. The second-order valence-electron chi connectivity index (χ2n) is 3.74. The van der Waals surface area contributed by atoms with Gasteiger partial charge in [0, 0.05) is 0 Å². The molecule has 0 aliphatic rings. The molecule has 0 saturated heterocycles. The maximum Gasteiger partial charge on any atom is 0.328 e. The Labute approximate surface area is 95.7 Å². The fourth-order valence-corrected chi connectivity index (χ4v) is 2.16. The van der Waals surface area contributed by atoms with E-state index in [0.29, 0.717) is 10.7 Å². The Hall–Kier alpha value is -1.66. The van der Waals surface area contributed by atoms with Crippen LogP contribution in [0.5, 0.6) is 0 Å². The average Bonchev–Trinajstić information content (AvgIpc) is 2.56. The van der Waals surface area contributed by atoms with Crippen molar-refractivity contribution in [2.75, 3.05) is 5.73 Å². The van der Waals surface area contributed by atoms with Gasteiger partial charge in [-0.3, -0.25) is 0 Å². The summed E-state index contributed by atoms with van der Waals surface area (Å²) in [6.45, 7) is 1.46. The predicted octanol–water partition coefficient (Wildman–Crippen LogP) is 1.14. The SMILES string of the molecule is CC(N)(C(=O)O)c1ccc2nc(N)sc2c1. The highest BCUT2D eigenvalue weighted by Crippen LogP contribution is 2.28. The van der Waals surface area contributed by atoms with Crippen LogP contribution in [0.15, 0.2) is 18.2 Å². The van der Waals surface area contributed by atoms with Crippen LogP contribution >= 0.6 is 11.3 Å². The molecule has 5 N–H and O–H groups in total. The lowest BCUT2D eigenvalue weighted by atomic mass is 9.93. The molecule has 16 heavy (non-hydrogen) atoms. The molecule has 0 fully saturated rings. The van der Waals surface area contributed by atoms with Crippen LogP contribution in [-0.2, 0) is 10.3 Å². The molecule has 1 atom stereocenters. The summed E-state index contributed by atoms with van der Waals surface area (Å²) in [7, 11) is 0. The minimum absolute atomic E-state index is 0.459. The van der Waals surface area contributed by atoms with Gasteiger partial charge in [0.2, 0.25) is 0 Å². The zero-order chi connectivity index (χ0) is 11.9. The fraction of sp³-hybridized carbons (Fsp3) is 0.200. The zero-order valence-electron chi connectivity index (χ0n) is 8.60. The van der Waals surface area contributed by atoms with Gasteiger partial charge < -0.3 is 16.6 Å². The molecule has 0 amide bonds. The van der Waals surface area contributed by atoms with E-state index in [1.54, 1.807) is 18.2 Å². The Bertz CT molecular complexity index is 562. The molecule has 6 heteroatoms. The Balaban J connectivity index is 2.58. The first-order chi connectivity index (χ1) is 7.41. The van der Waals surface area contributed by atoms with E-state index in [4.69, 9.17) is 16.6 Å². The Morgan fingerprint density at radius 3 is 2.88 bits per heavy atom. The molecule has 0 saturated carbocycles. The van der Waals surface area contributed by atoms with Crippen molar-refractivity contribution in [1.82, 2.24) is 4.98 Å². The summed E-state index contributed by atoms with van der Waals surface area (Å²) >= 11 is 1.31. The van der Waals surface area contributed by atoms with Crippen molar-refractivity contribution in [3.63, 3.8) is 0 Å². The van der Waals surface area contributed by atoms with Crippen LogP contribution in [0.1, 0.15) is 12.5 Å². The second kappa shape index (κ2) is 3.43. The van der Waals surface area contributed by atoms with Crippen LogP contribution in [0.4, 0.5) is 5.13 Å². The average molecular weight is 237 g/mol. The number of benzene rings is 1. The van der Waals surface area contributed by atoms with Crippen molar-refractivity contribution in [3.05, 3.63) is 23.8 Å². The summed E-state index contributed by atoms with van der Waals surface area (Å²) in [4.78, 5) is 15.1. The molecule has 2 rings (SSSR count). The molecule has 0 radical (unpaired) electrons. The van der Waals surface area contributed by atoms with Crippen LogP contribution in [0.2, 0.25) is 0 Å². The zero-order valence-corrected chi connectivity index (χ0v) is 9.41. The Morgan fingerprint density at radius 1 is 1.56 bits per heavy atom. The highest BCUT2D eigenvalue weighted by molar-refractivity contribution is 7.22. The van der Waals surface area contributed by atoms with Crippen LogP contribution in [-0.4, -0.2) is 16.1 Å². The van der Waals surface area contributed by atoms with Gasteiger partial charge in [-0.15, -0.1) is 0 Å². The molecule has 1 heterocycles. The van der Waals surface area contributed by atoms with Crippen molar-refractivity contribution in [1.29, 1.82) is 0 Å². The van der Waals surface area contributed by atoms with Crippen LogP contribution in [0, 0.1) is 0 Å². The number of hydrogen-bond acceptors (Lipinski definition) is 5. The number of thiazole rings is 1. The van der Waals surface area contributed by atoms with Gasteiger partial charge in [-0.1, -0.05) is 17.4 Å². The quantitative estimate of drug-likeness (QED) is 0.726. The lowest BCUT2D eigenvalue weighted by molar-refractivity contribution is -0.143. The number of aromatic nitrogens is 1. The van der Waals surface area contributed by atoms with E-state index >= 15 is 0 Å². The monoisotopic (exact) mass is 237 g/mol. The van der Waals surface area contributed by atoms with Crippen molar-refractivity contribution < 1.29 is 9.90 Å². The summed E-state index contributed by atoms with van der Waals surface area (Å²) in [5.74, 6) is -1.07. The molecule has 1 aromatic heterocycles. The molecule has 0 aliphatic carbocycles. The molecule has 1 unspecified atom stereocenters. The largest absolute Gasteiger partial charge is 0.480 e. The van der Waals surface area contributed by atoms with E-state index in [2.05, 4.69) is 4.98 Å². The van der Waals surface area contributed by atoms with E-state index < -0.39 is 11.5 Å². The molecule has 0 spiro atoms. The molecule has 2 aromatic rings. The minimum Gasteiger partial charge on any atom is -0.480 e. The summed E-state index contributed by atoms with van der Waals surface area (Å²) in [6, 6.07) is 5.11. The van der Waals surface area contributed by atoms with Gasteiger partial charge in [-0.25, -0.2) is 9.78 Å². The molecule has 84 valence electrons. The minimum atomic E-state index is -1.40. The van der Waals surface area contributed by atoms with E-state index in [-0.39, 0.29) is 0 Å². The van der Waals surface area contributed by atoms with Gasteiger partial charge in [0.1, 0.15) is 5.54 Å². The van der Waals surface area contributed by atoms with Gasteiger partial charge in [0.15, 0.2) is 5.13 Å². The standard InChI is InChI=1S/C10H11N3O2S/c1-10(12,8(14)15)5-2-3-6-7(4-5)16-9(11)13-6/h2-4H,12H2,1H3,(H2,11,13)(H,14,15). The number of nitrogen functional groups attached to an aromatic ring is 1. The third kappa shape index (κ3) is 1.62. The second-order valence-corrected chi connectivity index (χ2v) is 4.80. The lowest BCUT2D eigenvalue weighted by Crippen LogP contribution is -2.41. The molecule has 1 aromatic carbocycles. The number of carboxylic acid groups (broad SMARTS) is 1. The predicted molar refractivity (Wildman–Crippen MR) is 63.2 cm³/mol. The Morgan fingerprint density at radius 2 is 2.25 bits per heavy atom. The van der Waals surface area contributed by atoms with Gasteiger partial charge in [0.25, 0.3) is 0 Å². The van der Waals surface area contributed by atoms with Crippen molar-refractivity contribution >= 4 is 32.7 Å². The van der Waals surface area contributed by atoms with E-state index in [1.807, 2.05) is 0 Å². The number of anilines is 1. The molecular weight excluding hydrogens is 226 g/mol. The van der Waals surface area contributed by atoms with E-state index in [0.717, 1.165) is 10.2 Å². The number of aliphatic carboxylic acids is 1. The summed E-state index contributed by atoms with van der Waals surface area (Å²) in [5, 5.41) is 9.47. The van der Waals surface area contributed by atoms with E-state index in [9.17, 15) is 4.79 Å². The number of rotatable bonds is 2. The van der Waals surface area contributed by atoms with Crippen molar-refractivity contribution in [2.24, 2.45) is 5.73 Å². The Kier molecular flexibility index (Phi) is 2.32. The summed E-state index contributed by atoms with van der Waals surface area (Å²) in [5.41, 5.74) is 11.2. The first-order valence-electron chi connectivity index (χ1n) is 4.60. The first-order valence-corrected chi connectivity index (χ1v) is 5.42. The third-order valence-electron chi connectivity index (χ3n) is 2.45. The van der Waals surface area contributed by atoms with Gasteiger partial charge in [-0.2, -0.15) is 0 Å². The third-order valence-corrected chi connectivity index (χ3v) is 3.30. The maximum atomic E-state index is 11.0. The normalized spacial score (nSPS) is 14.9. The van der Waals surface area contributed by atoms with Gasteiger partial charge >= 0.3 is 5.97 Å². The fourth-order valence-electron chi connectivity index (χ4n) is 1.39. The van der Waals surface area contributed by atoms with Crippen LogP contribution in [0.25, 0.3) is 10.2 Å². The highest BCUT2D eigenvalue weighted by Gasteiger charge is 2.30. The maximum absolute atomic E-state index is 11.0. The number of carboxylic acids is 1. The van der Waals surface area contributed by atoms with Crippen LogP contribution < -0.4 is 11.5 Å². The summed E-state index contributed by atoms with van der Waals surface area (Å²) < 4.78 is 0.841. The van der Waals surface area contributed by atoms with Gasteiger partial charge in [-0.05, 0) is 24.6 Å². The number of hydrogen-bond donors (Lipinski definition) is 3. The smallest absolute Gasteiger partial charge is 0.328 e. The number of carbonyl (C=O) groups is 1. The molecule has 0 bridgehead atoms. The number of nitrogens with zero attached hydrogens (tertiary/aromatic N) is 1. The highest BCUT2D eigenvalue weighted by atomic mass is 32.1. The topological polar surface area (TPSA) is 102 Å². The lowest BCUT2D eigenvalue weighted by Gasteiger charge is -2.19. The summed E-state index contributed by atoms with van der Waals surface area (Å²) in [6.07, 6.45) is 0. The van der Waals surface area contributed by atoms with Crippen molar-refractivity contribution in [2.45, 2.75) is 12.5 Å². The van der Waals surface area contributed by atoms with Crippen LogP contribution in [0.3, 0.4) is 0 Å². The molecule has 0 aliphatic heterocycles. The first kappa shape index (κ1) is 10.8. The number of nitrogens with two attached hydrogens (primary N) is 2. The van der Waals surface area contributed by atoms with Gasteiger partial charge in [0.05, 0.1) is 10.2 Å². The van der Waals surface area contributed by atoms with Crippen molar-refractivity contribution in [3.8, 4) is 0 Å². The molecule has 5 nitrogen and oxygen atoms in total.